The normalized spacial score (nSPS) is 19.0. The summed E-state index contributed by atoms with van der Waals surface area (Å²) in [6, 6.07) is 25.8. The van der Waals surface area contributed by atoms with Gasteiger partial charge in [0.15, 0.2) is 0 Å². The predicted octanol–water partition coefficient (Wildman–Crippen LogP) is 5.86. The van der Waals surface area contributed by atoms with E-state index in [0.717, 1.165) is 24.3 Å². The molecule has 0 amide bonds. The number of nitrogens with one attached hydrogen (secondary N) is 2. The Bertz CT molecular complexity index is 871. The van der Waals surface area contributed by atoms with Gasteiger partial charge in [-0.1, -0.05) is 55.5 Å². The standard InChI is InChI=1S/C23H24N2/c1-17-15-20(25-19-11-7-4-8-12-19)16-21-22(17)24-14-13-23(21,2)18-9-5-3-6-10-18/h3-12,15-16,24-25H,13-14H2,1-2H3. The van der Waals surface area contributed by atoms with Gasteiger partial charge in [-0.3, -0.25) is 0 Å². The van der Waals surface area contributed by atoms with Crippen LogP contribution in [0.1, 0.15) is 30.0 Å². The molecule has 2 heteroatoms. The van der Waals surface area contributed by atoms with Gasteiger partial charge in [0, 0.05) is 29.0 Å². The number of hydrogen-bond donors (Lipinski definition) is 2. The predicted molar refractivity (Wildman–Crippen MR) is 107 cm³/mol. The summed E-state index contributed by atoms with van der Waals surface area (Å²) in [5.41, 5.74) is 7.63. The zero-order valence-corrected chi connectivity index (χ0v) is 14.8. The van der Waals surface area contributed by atoms with E-state index in [1.54, 1.807) is 0 Å². The fraction of sp³-hybridized carbons (Fsp3) is 0.217. The molecule has 0 saturated carbocycles. The van der Waals surface area contributed by atoms with Crippen molar-refractivity contribution in [3.63, 3.8) is 0 Å². The van der Waals surface area contributed by atoms with Crippen LogP contribution in [-0.2, 0) is 5.41 Å². The van der Waals surface area contributed by atoms with Crippen LogP contribution in [0.2, 0.25) is 0 Å². The van der Waals surface area contributed by atoms with Crippen molar-refractivity contribution in [2.24, 2.45) is 0 Å². The van der Waals surface area contributed by atoms with Gasteiger partial charge in [-0.15, -0.1) is 0 Å². The highest BCUT2D eigenvalue weighted by atomic mass is 14.9. The molecular weight excluding hydrogens is 304 g/mol. The van der Waals surface area contributed by atoms with Crippen LogP contribution in [0.5, 0.6) is 0 Å². The number of hydrogen-bond acceptors (Lipinski definition) is 2. The van der Waals surface area contributed by atoms with Crippen LogP contribution in [0.3, 0.4) is 0 Å². The third kappa shape index (κ3) is 2.89. The van der Waals surface area contributed by atoms with Crippen LogP contribution in [-0.4, -0.2) is 6.54 Å². The second-order valence-electron chi connectivity index (χ2n) is 7.08. The van der Waals surface area contributed by atoms with Gasteiger partial charge in [-0.05, 0) is 54.3 Å². The lowest BCUT2D eigenvalue weighted by Gasteiger charge is -2.38. The molecule has 3 aromatic rings. The van der Waals surface area contributed by atoms with Gasteiger partial charge in [0.25, 0.3) is 0 Å². The fourth-order valence-electron chi connectivity index (χ4n) is 3.90. The van der Waals surface area contributed by atoms with E-state index in [-0.39, 0.29) is 5.41 Å². The van der Waals surface area contributed by atoms with Crippen molar-refractivity contribution in [3.8, 4) is 0 Å². The average Bonchev–Trinajstić information content (AvgIpc) is 2.64. The maximum absolute atomic E-state index is 3.62. The molecule has 25 heavy (non-hydrogen) atoms. The minimum absolute atomic E-state index is 0.0288. The van der Waals surface area contributed by atoms with Crippen molar-refractivity contribution in [3.05, 3.63) is 89.5 Å². The summed E-state index contributed by atoms with van der Waals surface area (Å²) in [5.74, 6) is 0. The fourth-order valence-corrected chi connectivity index (χ4v) is 3.90. The molecule has 0 aromatic heterocycles. The number of para-hydroxylation sites is 1. The lowest BCUT2D eigenvalue weighted by atomic mass is 9.70. The first-order valence-electron chi connectivity index (χ1n) is 8.93. The van der Waals surface area contributed by atoms with Gasteiger partial charge in [0.1, 0.15) is 0 Å². The number of rotatable bonds is 3. The van der Waals surface area contributed by atoms with Gasteiger partial charge in [0.2, 0.25) is 0 Å². The summed E-state index contributed by atoms with van der Waals surface area (Å²) in [6.45, 7) is 5.57. The first-order valence-corrected chi connectivity index (χ1v) is 8.93. The summed E-state index contributed by atoms with van der Waals surface area (Å²) in [5, 5.41) is 7.18. The highest BCUT2D eigenvalue weighted by Gasteiger charge is 2.34. The summed E-state index contributed by atoms with van der Waals surface area (Å²) < 4.78 is 0. The van der Waals surface area contributed by atoms with Crippen molar-refractivity contribution < 1.29 is 0 Å². The molecule has 0 fully saturated rings. The number of benzene rings is 3. The molecule has 0 radical (unpaired) electrons. The van der Waals surface area contributed by atoms with E-state index < -0.39 is 0 Å². The number of anilines is 3. The minimum Gasteiger partial charge on any atom is -0.385 e. The molecule has 1 unspecified atom stereocenters. The van der Waals surface area contributed by atoms with Crippen molar-refractivity contribution in [1.82, 2.24) is 0 Å². The SMILES string of the molecule is Cc1cc(Nc2ccccc2)cc2c1NCCC2(C)c1ccccc1. The van der Waals surface area contributed by atoms with Crippen LogP contribution in [0, 0.1) is 6.92 Å². The Labute approximate surface area is 149 Å². The van der Waals surface area contributed by atoms with E-state index in [4.69, 9.17) is 0 Å². The molecule has 0 bridgehead atoms. The Balaban J connectivity index is 1.80. The van der Waals surface area contributed by atoms with Crippen molar-refractivity contribution >= 4 is 17.1 Å². The van der Waals surface area contributed by atoms with E-state index in [9.17, 15) is 0 Å². The second-order valence-corrected chi connectivity index (χ2v) is 7.08. The van der Waals surface area contributed by atoms with Gasteiger partial charge in [-0.2, -0.15) is 0 Å². The Morgan fingerprint density at radius 2 is 1.56 bits per heavy atom. The molecule has 2 nitrogen and oxygen atoms in total. The third-order valence-electron chi connectivity index (χ3n) is 5.33. The largest absolute Gasteiger partial charge is 0.385 e. The van der Waals surface area contributed by atoms with E-state index in [1.165, 1.54) is 22.4 Å². The van der Waals surface area contributed by atoms with Gasteiger partial charge in [-0.25, -0.2) is 0 Å². The summed E-state index contributed by atoms with van der Waals surface area (Å²) >= 11 is 0. The summed E-state index contributed by atoms with van der Waals surface area (Å²) in [4.78, 5) is 0. The van der Waals surface area contributed by atoms with Crippen LogP contribution >= 0.6 is 0 Å². The molecule has 4 rings (SSSR count). The molecule has 1 heterocycles. The molecule has 0 spiro atoms. The zero-order valence-electron chi connectivity index (χ0n) is 14.8. The lowest BCUT2D eigenvalue weighted by Crippen LogP contribution is -2.33. The molecule has 2 N–H and O–H groups in total. The molecule has 1 aliphatic rings. The smallest absolute Gasteiger partial charge is 0.0413 e. The molecule has 126 valence electrons. The quantitative estimate of drug-likeness (QED) is 0.629. The van der Waals surface area contributed by atoms with E-state index in [0.29, 0.717) is 0 Å². The van der Waals surface area contributed by atoms with E-state index in [2.05, 4.69) is 91.2 Å². The lowest BCUT2D eigenvalue weighted by molar-refractivity contribution is 0.521. The zero-order chi connectivity index (χ0) is 17.3. The van der Waals surface area contributed by atoms with Crippen molar-refractivity contribution in [1.29, 1.82) is 0 Å². The van der Waals surface area contributed by atoms with Crippen molar-refractivity contribution in [2.75, 3.05) is 17.2 Å². The molecular formula is C23H24N2. The highest BCUT2D eigenvalue weighted by molar-refractivity contribution is 5.72. The Hall–Kier alpha value is -2.74. The Morgan fingerprint density at radius 3 is 2.28 bits per heavy atom. The number of fused-ring (bicyclic) bond motifs is 1. The van der Waals surface area contributed by atoms with Gasteiger partial charge < -0.3 is 10.6 Å². The van der Waals surface area contributed by atoms with Crippen molar-refractivity contribution in [2.45, 2.75) is 25.7 Å². The topological polar surface area (TPSA) is 24.1 Å². The van der Waals surface area contributed by atoms with Gasteiger partial charge >= 0.3 is 0 Å². The highest BCUT2D eigenvalue weighted by Crippen LogP contribution is 2.44. The van der Waals surface area contributed by atoms with Crippen LogP contribution in [0.25, 0.3) is 0 Å². The minimum atomic E-state index is 0.0288. The molecule has 0 aliphatic carbocycles. The first kappa shape index (κ1) is 15.8. The van der Waals surface area contributed by atoms with Gasteiger partial charge in [0.05, 0.1) is 0 Å². The molecule has 3 aromatic carbocycles. The van der Waals surface area contributed by atoms with Crippen LogP contribution in [0.4, 0.5) is 17.1 Å². The summed E-state index contributed by atoms with van der Waals surface area (Å²) in [6.07, 6.45) is 1.10. The maximum Gasteiger partial charge on any atom is 0.0413 e. The third-order valence-corrected chi connectivity index (χ3v) is 5.33. The monoisotopic (exact) mass is 328 g/mol. The Kier molecular flexibility index (Phi) is 3.96. The van der Waals surface area contributed by atoms with E-state index in [1.807, 2.05) is 6.07 Å². The molecule has 0 saturated heterocycles. The molecule has 1 atom stereocenters. The van der Waals surface area contributed by atoms with E-state index >= 15 is 0 Å². The summed E-state index contributed by atoms with van der Waals surface area (Å²) in [7, 11) is 0. The second kappa shape index (κ2) is 6.29. The van der Waals surface area contributed by atoms with Crippen LogP contribution in [0.15, 0.2) is 72.8 Å². The Morgan fingerprint density at radius 1 is 0.880 bits per heavy atom. The maximum atomic E-state index is 3.62. The average molecular weight is 328 g/mol. The first-order chi connectivity index (χ1) is 12.2. The molecule has 1 aliphatic heterocycles. The number of aryl methyl sites for hydroxylation is 1. The van der Waals surface area contributed by atoms with Crippen LogP contribution < -0.4 is 10.6 Å².